The molecule has 3 heteroatoms. The fourth-order valence-corrected chi connectivity index (χ4v) is 12.5. The number of benzene rings is 2. The summed E-state index contributed by atoms with van der Waals surface area (Å²) in [4.78, 5) is 0. The maximum Gasteiger partial charge on any atom is -1.00 e. The maximum atomic E-state index is 5.08. The Morgan fingerprint density at radius 1 is 0.559 bits per heavy atom. The van der Waals surface area contributed by atoms with Crippen molar-refractivity contribution in [1.82, 2.24) is 0 Å². The molecule has 0 nitrogen and oxygen atoms in total. The van der Waals surface area contributed by atoms with Crippen LogP contribution in [0.1, 0.15) is 74.3 Å². The SMILES string of the molecule is [CH2]=[Zr+2]([C]1=CC2=C(CCCC2)[C@@H]1c1ccccc1)[C]1=CC2=C(CCCC2)[C@H]1c1ccccc1.[Cl-].[Cl-]. The summed E-state index contributed by atoms with van der Waals surface area (Å²) in [5, 5.41) is 0. The molecular formula is C31H32Cl2Zr. The average Bonchev–Trinajstić information content (AvgIpc) is 3.44. The molecule has 0 saturated heterocycles. The van der Waals surface area contributed by atoms with E-state index in [0.717, 1.165) is 0 Å². The molecule has 0 amide bonds. The average molecular weight is 567 g/mol. The van der Waals surface area contributed by atoms with Gasteiger partial charge in [-0.05, 0) is 0 Å². The summed E-state index contributed by atoms with van der Waals surface area (Å²) < 4.78 is 8.54. The van der Waals surface area contributed by atoms with Crippen molar-refractivity contribution in [2.24, 2.45) is 0 Å². The van der Waals surface area contributed by atoms with Gasteiger partial charge >= 0.3 is 201 Å². The molecular weight excluding hydrogens is 534 g/mol. The van der Waals surface area contributed by atoms with Crippen LogP contribution >= 0.6 is 0 Å². The first-order valence-electron chi connectivity index (χ1n) is 12.5. The number of hydrogen-bond acceptors (Lipinski definition) is 0. The molecule has 174 valence electrons. The fraction of sp³-hybridized carbons (Fsp3) is 0.323. The van der Waals surface area contributed by atoms with Gasteiger partial charge in [-0.1, -0.05) is 0 Å². The van der Waals surface area contributed by atoms with Crippen LogP contribution in [-0.2, 0) is 21.3 Å². The molecule has 2 aromatic rings. The van der Waals surface area contributed by atoms with Crippen LogP contribution < -0.4 is 24.8 Å². The number of allylic oxidation sites excluding steroid dienone is 8. The molecule has 0 unspecified atom stereocenters. The molecule has 0 bridgehead atoms. The molecule has 0 N–H and O–H groups in total. The topological polar surface area (TPSA) is 0 Å². The second-order valence-corrected chi connectivity index (χ2v) is 15.1. The van der Waals surface area contributed by atoms with Crippen LogP contribution in [0.3, 0.4) is 0 Å². The van der Waals surface area contributed by atoms with E-state index in [0.29, 0.717) is 11.8 Å². The van der Waals surface area contributed by atoms with Crippen molar-refractivity contribution in [3.05, 3.63) is 113 Å². The Hall–Kier alpha value is -1.27. The van der Waals surface area contributed by atoms with Crippen molar-refractivity contribution in [3.8, 4) is 0 Å². The summed E-state index contributed by atoms with van der Waals surface area (Å²) in [6, 6.07) is 22.7. The van der Waals surface area contributed by atoms with E-state index in [1.165, 1.54) is 62.5 Å². The summed E-state index contributed by atoms with van der Waals surface area (Å²) in [6.07, 6.45) is 15.8. The molecule has 0 aliphatic heterocycles. The molecule has 4 aliphatic carbocycles. The zero-order valence-corrected chi connectivity index (χ0v) is 23.7. The summed E-state index contributed by atoms with van der Waals surface area (Å²) >= 11 is -2.26. The molecule has 2 atom stereocenters. The maximum absolute atomic E-state index is 5.08. The third-order valence-electron chi connectivity index (χ3n) is 8.05. The van der Waals surface area contributed by atoms with Gasteiger partial charge in [0.15, 0.2) is 0 Å². The number of halogens is 2. The monoisotopic (exact) mass is 564 g/mol. The van der Waals surface area contributed by atoms with Crippen molar-refractivity contribution < 1.29 is 46.1 Å². The quantitative estimate of drug-likeness (QED) is 0.533. The van der Waals surface area contributed by atoms with Gasteiger partial charge in [-0.15, -0.1) is 0 Å². The Bertz CT molecular complexity index is 1090. The zero-order valence-electron chi connectivity index (χ0n) is 19.7. The van der Waals surface area contributed by atoms with E-state index in [-0.39, 0.29) is 24.8 Å². The Balaban J connectivity index is 0.00000137. The third-order valence-corrected chi connectivity index (χ3v) is 13.6. The predicted octanol–water partition coefficient (Wildman–Crippen LogP) is 2.15. The smallest absolute Gasteiger partial charge is 1.00 e. The van der Waals surface area contributed by atoms with E-state index in [4.69, 9.17) is 4.21 Å². The fourth-order valence-electron chi connectivity index (χ4n) is 6.55. The molecule has 0 heterocycles. The van der Waals surface area contributed by atoms with Gasteiger partial charge in [0.2, 0.25) is 0 Å². The molecule has 0 radical (unpaired) electrons. The first-order chi connectivity index (χ1) is 15.8. The summed E-state index contributed by atoms with van der Waals surface area (Å²) in [7, 11) is 0. The first-order valence-corrected chi connectivity index (χ1v) is 16.7. The van der Waals surface area contributed by atoms with Gasteiger partial charge in [0.25, 0.3) is 0 Å². The first kappa shape index (κ1) is 25.8. The van der Waals surface area contributed by atoms with E-state index in [9.17, 15) is 0 Å². The Kier molecular flexibility index (Phi) is 8.50. The van der Waals surface area contributed by atoms with Crippen molar-refractivity contribution >= 4 is 4.21 Å². The van der Waals surface area contributed by atoms with Gasteiger partial charge in [0, 0.05) is 0 Å². The van der Waals surface area contributed by atoms with Gasteiger partial charge in [0.05, 0.1) is 0 Å². The Morgan fingerprint density at radius 3 is 1.35 bits per heavy atom. The largest absolute Gasteiger partial charge is 1.00 e. The molecule has 0 fully saturated rings. The number of rotatable bonds is 4. The van der Waals surface area contributed by atoms with E-state index >= 15 is 0 Å². The van der Waals surface area contributed by atoms with Crippen LogP contribution in [0, 0.1) is 0 Å². The normalized spacial score (nSPS) is 23.0. The Labute approximate surface area is 224 Å². The third kappa shape index (κ3) is 4.61. The van der Waals surface area contributed by atoms with E-state index in [1.54, 1.807) is 28.9 Å². The van der Waals surface area contributed by atoms with Gasteiger partial charge in [0.1, 0.15) is 0 Å². The minimum Gasteiger partial charge on any atom is -1.00 e. The predicted molar refractivity (Wildman–Crippen MR) is 133 cm³/mol. The van der Waals surface area contributed by atoms with Crippen LogP contribution in [0.4, 0.5) is 0 Å². The molecule has 0 spiro atoms. The Morgan fingerprint density at radius 2 is 0.941 bits per heavy atom. The molecule has 6 rings (SSSR count). The molecule has 0 aromatic heterocycles. The van der Waals surface area contributed by atoms with Crippen molar-refractivity contribution in [2.75, 3.05) is 0 Å². The minimum absolute atomic E-state index is 0. The van der Waals surface area contributed by atoms with Crippen LogP contribution in [0.5, 0.6) is 0 Å². The zero-order chi connectivity index (χ0) is 21.5. The minimum atomic E-state index is -2.26. The summed E-state index contributed by atoms with van der Waals surface area (Å²) in [5.41, 5.74) is 9.78. The standard InChI is InChI=1S/2C15H15.CH2.2ClH.Zr/c2*1-2-6-12(7-3-1)15-11-10-13-8-4-5-9-14(13)15;;;;/h2*1-3,6-7,10,15H,4-5,8-9H2;1H2;2*1H;/q;;;;;+2/p-2/t2*15-;;;;/m10..../s1. The van der Waals surface area contributed by atoms with Crippen LogP contribution in [0.2, 0.25) is 0 Å². The van der Waals surface area contributed by atoms with Gasteiger partial charge < -0.3 is 24.8 Å². The van der Waals surface area contributed by atoms with Gasteiger partial charge in [-0.3, -0.25) is 0 Å². The molecule has 4 aliphatic rings. The van der Waals surface area contributed by atoms with E-state index in [2.05, 4.69) is 72.8 Å². The summed E-state index contributed by atoms with van der Waals surface area (Å²) in [6.45, 7) is 0. The van der Waals surface area contributed by atoms with Crippen molar-refractivity contribution in [3.63, 3.8) is 0 Å². The molecule has 2 aromatic carbocycles. The van der Waals surface area contributed by atoms with Crippen LogP contribution in [-0.4, -0.2) is 4.21 Å². The van der Waals surface area contributed by atoms with E-state index < -0.39 is 21.3 Å². The summed E-state index contributed by atoms with van der Waals surface area (Å²) in [5.74, 6) is 1.02. The van der Waals surface area contributed by atoms with Crippen molar-refractivity contribution in [2.45, 2.75) is 63.2 Å². The molecule has 0 saturated carbocycles. The van der Waals surface area contributed by atoms with Crippen LogP contribution in [0.15, 0.2) is 102 Å². The molecule has 34 heavy (non-hydrogen) atoms. The second-order valence-electron chi connectivity index (χ2n) is 9.88. The van der Waals surface area contributed by atoms with E-state index in [1.807, 2.05) is 0 Å². The second kappa shape index (κ2) is 11.2. The van der Waals surface area contributed by atoms with Crippen molar-refractivity contribution in [1.29, 1.82) is 0 Å². The number of hydrogen-bond donors (Lipinski definition) is 0. The van der Waals surface area contributed by atoms with Gasteiger partial charge in [-0.25, -0.2) is 0 Å². The van der Waals surface area contributed by atoms with Gasteiger partial charge in [-0.2, -0.15) is 0 Å². The van der Waals surface area contributed by atoms with Crippen LogP contribution in [0.25, 0.3) is 0 Å².